The van der Waals surface area contributed by atoms with Crippen LogP contribution >= 0.6 is 0 Å². The largest absolute Gasteiger partial charge is 0.497 e. The van der Waals surface area contributed by atoms with Crippen molar-refractivity contribution in [1.29, 1.82) is 0 Å². The molecular weight excluding hydrogens is 228 g/mol. The number of carbonyl (C=O) groups excluding carboxylic acids is 1. The summed E-state index contributed by atoms with van der Waals surface area (Å²) >= 11 is 0. The van der Waals surface area contributed by atoms with E-state index in [0.29, 0.717) is 6.54 Å². The molecule has 1 unspecified atom stereocenters. The van der Waals surface area contributed by atoms with Gasteiger partial charge in [0, 0.05) is 25.2 Å². The Morgan fingerprint density at radius 2 is 2.39 bits per heavy atom. The number of amides is 1. The maximum absolute atomic E-state index is 11.9. The van der Waals surface area contributed by atoms with Crippen molar-refractivity contribution in [2.24, 2.45) is 5.73 Å². The molecule has 1 heterocycles. The van der Waals surface area contributed by atoms with Gasteiger partial charge in [0.1, 0.15) is 5.75 Å². The second kappa shape index (κ2) is 5.69. The van der Waals surface area contributed by atoms with Gasteiger partial charge in [0.05, 0.1) is 7.11 Å². The Morgan fingerprint density at radius 3 is 3.06 bits per heavy atom. The van der Waals surface area contributed by atoms with Crippen LogP contribution in [0.3, 0.4) is 0 Å². The first kappa shape index (κ1) is 12.6. The molecule has 2 N–H and O–H groups in total. The zero-order chi connectivity index (χ0) is 13.0. The lowest BCUT2D eigenvalue weighted by molar-refractivity contribution is -0.124. The molecule has 4 nitrogen and oxygen atoms in total. The lowest BCUT2D eigenvalue weighted by Crippen LogP contribution is -2.30. The standard InChI is InChI=1S/C14H18N2O2/c1-18-13-4-2-3-11(9-13)5-6-14(17)16-8-7-12(15)10-16/h2-6,9,12H,7-8,10,15H2,1H3/b6-5+. The summed E-state index contributed by atoms with van der Waals surface area (Å²) in [5.41, 5.74) is 6.72. The summed E-state index contributed by atoms with van der Waals surface area (Å²) in [6, 6.07) is 7.72. The van der Waals surface area contributed by atoms with E-state index in [-0.39, 0.29) is 11.9 Å². The number of ether oxygens (including phenoxy) is 1. The summed E-state index contributed by atoms with van der Waals surface area (Å²) in [6.07, 6.45) is 4.28. The molecule has 1 amide bonds. The number of likely N-dealkylation sites (tertiary alicyclic amines) is 1. The van der Waals surface area contributed by atoms with Crippen molar-refractivity contribution in [2.45, 2.75) is 12.5 Å². The molecule has 1 saturated heterocycles. The van der Waals surface area contributed by atoms with Crippen molar-refractivity contribution in [3.63, 3.8) is 0 Å². The summed E-state index contributed by atoms with van der Waals surface area (Å²) in [7, 11) is 1.62. The quantitative estimate of drug-likeness (QED) is 0.817. The number of carbonyl (C=O) groups is 1. The van der Waals surface area contributed by atoms with Crippen molar-refractivity contribution >= 4 is 12.0 Å². The van der Waals surface area contributed by atoms with Crippen LogP contribution in [0, 0.1) is 0 Å². The highest BCUT2D eigenvalue weighted by Crippen LogP contribution is 2.14. The second-order valence-corrected chi connectivity index (χ2v) is 4.44. The van der Waals surface area contributed by atoms with E-state index in [9.17, 15) is 4.79 Å². The molecule has 1 aromatic rings. The Balaban J connectivity index is 1.99. The van der Waals surface area contributed by atoms with Crippen LogP contribution in [-0.2, 0) is 4.79 Å². The molecule has 0 aromatic heterocycles. The van der Waals surface area contributed by atoms with Crippen LogP contribution in [0.15, 0.2) is 30.3 Å². The van der Waals surface area contributed by atoms with E-state index in [0.717, 1.165) is 24.3 Å². The van der Waals surface area contributed by atoms with E-state index in [2.05, 4.69) is 0 Å². The molecule has 18 heavy (non-hydrogen) atoms. The number of nitrogens with two attached hydrogens (primary N) is 1. The Morgan fingerprint density at radius 1 is 1.56 bits per heavy atom. The molecule has 1 fully saturated rings. The highest BCUT2D eigenvalue weighted by molar-refractivity contribution is 5.92. The molecule has 0 spiro atoms. The minimum Gasteiger partial charge on any atom is -0.497 e. The summed E-state index contributed by atoms with van der Waals surface area (Å²) in [4.78, 5) is 13.7. The first-order valence-corrected chi connectivity index (χ1v) is 6.05. The van der Waals surface area contributed by atoms with Crippen LogP contribution in [0.1, 0.15) is 12.0 Å². The molecule has 2 rings (SSSR count). The maximum Gasteiger partial charge on any atom is 0.246 e. The molecule has 0 aliphatic carbocycles. The van der Waals surface area contributed by atoms with Gasteiger partial charge < -0.3 is 15.4 Å². The highest BCUT2D eigenvalue weighted by Gasteiger charge is 2.21. The molecular formula is C14H18N2O2. The number of methoxy groups -OCH3 is 1. The molecule has 0 bridgehead atoms. The van der Waals surface area contributed by atoms with Crippen molar-refractivity contribution < 1.29 is 9.53 Å². The molecule has 1 aromatic carbocycles. The van der Waals surface area contributed by atoms with Crippen molar-refractivity contribution in [1.82, 2.24) is 4.90 Å². The van der Waals surface area contributed by atoms with Crippen LogP contribution < -0.4 is 10.5 Å². The lowest BCUT2D eigenvalue weighted by atomic mass is 10.2. The van der Waals surface area contributed by atoms with Crippen LogP contribution in [0.5, 0.6) is 5.75 Å². The number of hydrogen-bond donors (Lipinski definition) is 1. The van der Waals surface area contributed by atoms with Crippen molar-refractivity contribution in [2.75, 3.05) is 20.2 Å². The van der Waals surface area contributed by atoms with Crippen molar-refractivity contribution in [3.8, 4) is 5.75 Å². The predicted molar refractivity (Wildman–Crippen MR) is 71.2 cm³/mol. The van der Waals surface area contributed by atoms with Gasteiger partial charge in [-0.1, -0.05) is 12.1 Å². The van der Waals surface area contributed by atoms with Gasteiger partial charge in [0.2, 0.25) is 5.91 Å². The fraction of sp³-hybridized carbons (Fsp3) is 0.357. The van der Waals surface area contributed by atoms with E-state index >= 15 is 0 Å². The minimum atomic E-state index is 0.0192. The Hall–Kier alpha value is -1.81. The Bertz CT molecular complexity index is 457. The number of hydrogen-bond acceptors (Lipinski definition) is 3. The Kier molecular flexibility index (Phi) is 3.99. The van der Waals surface area contributed by atoms with Gasteiger partial charge in [-0.2, -0.15) is 0 Å². The van der Waals surface area contributed by atoms with E-state index in [1.54, 1.807) is 24.2 Å². The normalized spacial score (nSPS) is 19.4. The number of nitrogens with zero attached hydrogens (tertiary/aromatic N) is 1. The van der Waals surface area contributed by atoms with E-state index in [4.69, 9.17) is 10.5 Å². The molecule has 0 radical (unpaired) electrons. The first-order chi connectivity index (χ1) is 8.69. The Labute approximate surface area is 107 Å². The summed E-state index contributed by atoms with van der Waals surface area (Å²) in [6.45, 7) is 1.41. The van der Waals surface area contributed by atoms with Gasteiger partial charge in [0.25, 0.3) is 0 Å². The lowest BCUT2D eigenvalue weighted by Gasteiger charge is -2.12. The average Bonchev–Trinajstić information content (AvgIpc) is 2.83. The van der Waals surface area contributed by atoms with Crippen molar-refractivity contribution in [3.05, 3.63) is 35.9 Å². The van der Waals surface area contributed by atoms with Gasteiger partial charge in [0.15, 0.2) is 0 Å². The zero-order valence-electron chi connectivity index (χ0n) is 10.5. The first-order valence-electron chi connectivity index (χ1n) is 6.05. The fourth-order valence-corrected chi connectivity index (χ4v) is 2.01. The average molecular weight is 246 g/mol. The monoisotopic (exact) mass is 246 g/mol. The highest BCUT2D eigenvalue weighted by atomic mass is 16.5. The van der Waals surface area contributed by atoms with E-state index < -0.39 is 0 Å². The topological polar surface area (TPSA) is 55.6 Å². The van der Waals surface area contributed by atoms with Gasteiger partial charge >= 0.3 is 0 Å². The third-order valence-corrected chi connectivity index (χ3v) is 3.05. The van der Waals surface area contributed by atoms with Gasteiger partial charge in [-0.25, -0.2) is 0 Å². The predicted octanol–water partition coefficient (Wildman–Crippen LogP) is 1.27. The molecule has 1 atom stereocenters. The van der Waals surface area contributed by atoms with Gasteiger partial charge in [-0.3, -0.25) is 4.79 Å². The minimum absolute atomic E-state index is 0.0192. The zero-order valence-corrected chi connectivity index (χ0v) is 10.5. The summed E-state index contributed by atoms with van der Waals surface area (Å²) in [5.74, 6) is 0.804. The van der Waals surface area contributed by atoms with Crippen LogP contribution in [0.25, 0.3) is 6.08 Å². The number of rotatable bonds is 3. The van der Waals surface area contributed by atoms with E-state index in [1.807, 2.05) is 24.3 Å². The SMILES string of the molecule is COc1cccc(/C=C/C(=O)N2CCC(N)C2)c1. The third-order valence-electron chi connectivity index (χ3n) is 3.05. The number of benzene rings is 1. The molecule has 4 heteroatoms. The maximum atomic E-state index is 11.9. The summed E-state index contributed by atoms with van der Waals surface area (Å²) in [5, 5.41) is 0. The van der Waals surface area contributed by atoms with E-state index in [1.165, 1.54) is 0 Å². The fourth-order valence-electron chi connectivity index (χ4n) is 2.01. The molecule has 1 aliphatic rings. The third kappa shape index (κ3) is 3.11. The summed E-state index contributed by atoms with van der Waals surface area (Å²) < 4.78 is 5.13. The second-order valence-electron chi connectivity index (χ2n) is 4.44. The van der Waals surface area contributed by atoms with Crippen LogP contribution in [0.2, 0.25) is 0 Å². The van der Waals surface area contributed by atoms with Crippen LogP contribution in [-0.4, -0.2) is 37.0 Å². The van der Waals surface area contributed by atoms with Crippen LogP contribution in [0.4, 0.5) is 0 Å². The molecule has 1 aliphatic heterocycles. The van der Waals surface area contributed by atoms with Gasteiger partial charge in [-0.05, 0) is 30.2 Å². The molecule has 0 saturated carbocycles. The molecule has 96 valence electrons. The smallest absolute Gasteiger partial charge is 0.246 e. The van der Waals surface area contributed by atoms with Gasteiger partial charge in [-0.15, -0.1) is 0 Å².